The van der Waals surface area contributed by atoms with Crippen molar-refractivity contribution >= 4 is 18.0 Å². The quantitative estimate of drug-likeness (QED) is 0.371. The van der Waals surface area contributed by atoms with Crippen molar-refractivity contribution in [2.75, 3.05) is 0 Å². The number of hydrogen-bond donors (Lipinski definition) is 1. The van der Waals surface area contributed by atoms with Gasteiger partial charge in [0.25, 0.3) is 0 Å². The molecule has 0 saturated heterocycles. The van der Waals surface area contributed by atoms with Gasteiger partial charge in [0.05, 0.1) is 6.42 Å². The van der Waals surface area contributed by atoms with E-state index in [4.69, 9.17) is 14.2 Å². The molecule has 0 aliphatic carbocycles. The number of ether oxygens (including phenoxy) is 3. The van der Waals surface area contributed by atoms with Crippen LogP contribution in [-0.4, -0.2) is 24.1 Å². The maximum atomic E-state index is 12.6. The maximum Gasteiger partial charge on any atom is 0.408 e. The Morgan fingerprint density at radius 1 is 0.606 bits per heavy atom. The van der Waals surface area contributed by atoms with E-state index in [1.807, 2.05) is 66.7 Å². The molecule has 170 valence electrons. The molecule has 1 N–H and O–H groups in total. The molecule has 0 radical (unpaired) electrons. The molecule has 0 spiro atoms. The second kappa shape index (κ2) is 12.7. The molecular formula is C26H25NO6. The van der Waals surface area contributed by atoms with Crippen LogP contribution in [0.5, 0.6) is 0 Å². The largest absolute Gasteiger partial charge is 0.461 e. The zero-order valence-corrected chi connectivity index (χ0v) is 18.0. The average molecular weight is 447 g/mol. The van der Waals surface area contributed by atoms with Gasteiger partial charge in [-0.15, -0.1) is 0 Å². The van der Waals surface area contributed by atoms with Crippen molar-refractivity contribution in [2.24, 2.45) is 0 Å². The molecule has 0 aliphatic heterocycles. The van der Waals surface area contributed by atoms with Crippen molar-refractivity contribution in [3.05, 3.63) is 108 Å². The van der Waals surface area contributed by atoms with Gasteiger partial charge < -0.3 is 19.5 Å². The first-order valence-corrected chi connectivity index (χ1v) is 10.5. The third kappa shape index (κ3) is 8.49. The Hall–Kier alpha value is -4.13. The van der Waals surface area contributed by atoms with Crippen LogP contribution in [0.3, 0.4) is 0 Å². The van der Waals surface area contributed by atoms with E-state index in [1.54, 1.807) is 24.3 Å². The van der Waals surface area contributed by atoms with Crippen LogP contribution >= 0.6 is 0 Å². The summed E-state index contributed by atoms with van der Waals surface area (Å²) in [7, 11) is 0. The maximum absolute atomic E-state index is 12.6. The molecule has 3 aromatic rings. The molecule has 7 nitrogen and oxygen atoms in total. The first-order valence-electron chi connectivity index (χ1n) is 10.5. The Balaban J connectivity index is 1.56. The van der Waals surface area contributed by atoms with E-state index in [0.717, 1.165) is 16.7 Å². The van der Waals surface area contributed by atoms with Gasteiger partial charge in [0.2, 0.25) is 0 Å². The van der Waals surface area contributed by atoms with Crippen LogP contribution in [0, 0.1) is 0 Å². The van der Waals surface area contributed by atoms with Gasteiger partial charge in [0, 0.05) is 0 Å². The molecule has 33 heavy (non-hydrogen) atoms. The minimum Gasteiger partial charge on any atom is -0.461 e. The second-order valence-corrected chi connectivity index (χ2v) is 7.20. The Bertz CT molecular complexity index is 967. The number of amides is 1. The van der Waals surface area contributed by atoms with Gasteiger partial charge in [-0.2, -0.15) is 0 Å². The summed E-state index contributed by atoms with van der Waals surface area (Å²) in [5.74, 6) is -1.41. The summed E-state index contributed by atoms with van der Waals surface area (Å²) in [6, 6.07) is 26.1. The normalized spacial score (nSPS) is 11.2. The van der Waals surface area contributed by atoms with Gasteiger partial charge in [0.15, 0.2) is 0 Å². The lowest BCUT2D eigenvalue weighted by atomic mass is 10.2. The highest BCUT2D eigenvalue weighted by molar-refractivity contribution is 5.86. The third-order valence-corrected chi connectivity index (χ3v) is 4.63. The van der Waals surface area contributed by atoms with Gasteiger partial charge >= 0.3 is 18.0 Å². The summed E-state index contributed by atoms with van der Waals surface area (Å²) < 4.78 is 15.7. The highest BCUT2D eigenvalue weighted by atomic mass is 16.6. The van der Waals surface area contributed by atoms with Crippen LogP contribution in [0.2, 0.25) is 0 Å². The number of carbonyl (C=O) groups is 3. The van der Waals surface area contributed by atoms with Crippen molar-refractivity contribution in [3.8, 4) is 0 Å². The van der Waals surface area contributed by atoms with Gasteiger partial charge in [-0.1, -0.05) is 91.0 Å². The SMILES string of the molecule is O=C(C[C@H](NC(=O)OCc1ccccc1)C(=O)OCc1ccccc1)OCc1ccccc1. The van der Waals surface area contributed by atoms with E-state index in [0.29, 0.717) is 0 Å². The molecule has 0 aromatic heterocycles. The standard InChI is InChI=1S/C26H25NO6/c28-24(31-17-20-10-4-1-5-11-20)16-23(25(29)32-18-21-12-6-2-7-13-21)27-26(30)33-19-22-14-8-3-9-15-22/h1-15,23H,16-19H2,(H,27,30)/t23-/m0/s1. The number of esters is 2. The van der Waals surface area contributed by atoms with Crippen LogP contribution in [0.15, 0.2) is 91.0 Å². The molecule has 0 fully saturated rings. The molecule has 1 amide bonds. The van der Waals surface area contributed by atoms with Crippen LogP contribution in [0.25, 0.3) is 0 Å². The number of hydrogen-bond acceptors (Lipinski definition) is 6. The number of carbonyl (C=O) groups excluding carboxylic acids is 3. The number of benzene rings is 3. The summed E-state index contributed by atoms with van der Waals surface area (Å²) in [6.07, 6.45) is -1.22. The summed E-state index contributed by atoms with van der Waals surface area (Å²) >= 11 is 0. The van der Waals surface area contributed by atoms with Crippen molar-refractivity contribution in [3.63, 3.8) is 0 Å². The molecule has 7 heteroatoms. The summed E-state index contributed by atoms with van der Waals surface area (Å²) in [5.41, 5.74) is 2.38. The molecule has 0 unspecified atom stereocenters. The molecule has 3 rings (SSSR count). The number of alkyl carbamates (subject to hydrolysis) is 1. The van der Waals surface area contributed by atoms with Crippen molar-refractivity contribution in [2.45, 2.75) is 32.3 Å². The fraction of sp³-hybridized carbons (Fsp3) is 0.192. The predicted octanol–water partition coefficient (Wildman–Crippen LogP) is 4.16. The fourth-order valence-electron chi connectivity index (χ4n) is 2.89. The Labute approximate surface area is 192 Å². The summed E-state index contributed by atoms with van der Waals surface area (Å²) in [4.78, 5) is 37.3. The predicted molar refractivity (Wildman–Crippen MR) is 121 cm³/mol. The third-order valence-electron chi connectivity index (χ3n) is 4.63. The lowest BCUT2D eigenvalue weighted by Crippen LogP contribution is -2.43. The smallest absolute Gasteiger partial charge is 0.408 e. The second-order valence-electron chi connectivity index (χ2n) is 7.20. The van der Waals surface area contributed by atoms with Gasteiger partial charge in [-0.3, -0.25) is 4.79 Å². The zero-order chi connectivity index (χ0) is 23.3. The van der Waals surface area contributed by atoms with Crippen molar-refractivity contribution < 1.29 is 28.6 Å². The number of rotatable bonds is 10. The Morgan fingerprint density at radius 2 is 1.03 bits per heavy atom. The Kier molecular flexibility index (Phi) is 9.03. The highest BCUT2D eigenvalue weighted by Crippen LogP contribution is 2.08. The summed E-state index contributed by atoms with van der Waals surface area (Å²) in [5, 5.41) is 2.42. The molecule has 0 saturated carbocycles. The van der Waals surface area contributed by atoms with Crippen LogP contribution < -0.4 is 5.32 Å². The van der Waals surface area contributed by atoms with E-state index in [2.05, 4.69) is 5.32 Å². The summed E-state index contributed by atoms with van der Waals surface area (Å²) in [6.45, 7) is 0.0940. The van der Waals surface area contributed by atoms with Gasteiger partial charge in [0.1, 0.15) is 25.9 Å². The van der Waals surface area contributed by atoms with Crippen LogP contribution in [0.4, 0.5) is 4.79 Å². The van der Waals surface area contributed by atoms with Crippen molar-refractivity contribution in [1.29, 1.82) is 0 Å². The molecule has 3 aromatic carbocycles. The topological polar surface area (TPSA) is 90.9 Å². The van der Waals surface area contributed by atoms with E-state index in [1.165, 1.54) is 0 Å². The van der Waals surface area contributed by atoms with Gasteiger partial charge in [-0.25, -0.2) is 9.59 Å². The number of nitrogens with one attached hydrogen (secondary N) is 1. The average Bonchev–Trinajstić information content (AvgIpc) is 2.86. The van der Waals surface area contributed by atoms with E-state index in [9.17, 15) is 14.4 Å². The minimum atomic E-state index is -1.25. The fourth-order valence-corrected chi connectivity index (χ4v) is 2.89. The zero-order valence-electron chi connectivity index (χ0n) is 18.0. The minimum absolute atomic E-state index is 0.00990. The molecule has 1 atom stereocenters. The van der Waals surface area contributed by atoms with Crippen LogP contribution in [0.1, 0.15) is 23.1 Å². The Morgan fingerprint density at radius 3 is 1.52 bits per heavy atom. The first kappa shape index (κ1) is 23.5. The first-order chi connectivity index (χ1) is 16.1. The monoisotopic (exact) mass is 447 g/mol. The molecular weight excluding hydrogens is 422 g/mol. The van der Waals surface area contributed by atoms with E-state index in [-0.39, 0.29) is 26.2 Å². The highest BCUT2D eigenvalue weighted by Gasteiger charge is 2.27. The molecule has 0 aliphatic rings. The lowest BCUT2D eigenvalue weighted by Gasteiger charge is -2.17. The van der Waals surface area contributed by atoms with Crippen LogP contribution in [-0.2, 0) is 43.6 Å². The lowest BCUT2D eigenvalue weighted by molar-refractivity contribution is -0.154. The van der Waals surface area contributed by atoms with E-state index < -0.39 is 24.1 Å². The van der Waals surface area contributed by atoms with Crippen molar-refractivity contribution in [1.82, 2.24) is 5.32 Å². The molecule has 0 bridgehead atoms. The van der Waals surface area contributed by atoms with E-state index >= 15 is 0 Å². The molecule has 0 heterocycles. The van der Waals surface area contributed by atoms with Gasteiger partial charge in [-0.05, 0) is 16.7 Å².